The van der Waals surface area contributed by atoms with Gasteiger partial charge < -0.3 is 9.47 Å². The number of hydrogen-bond acceptors (Lipinski definition) is 4. The van der Waals surface area contributed by atoms with Crippen LogP contribution >= 0.6 is 0 Å². The second kappa shape index (κ2) is 6.10. The fourth-order valence-corrected chi connectivity index (χ4v) is 0.815. The van der Waals surface area contributed by atoms with Crippen LogP contribution in [0.15, 0.2) is 25.3 Å². The molecule has 1 atom stereocenters. The highest BCUT2D eigenvalue weighted by molar-refractivity contribution is 5.81. The van der Waals surface area contributed by atoms with Crippen molar-refractivity contribution in [2.75, 3.05) is 6.61 Å². The second-order valence-electron chi connectivity index (χ2n) is 4.08. The lowest BCUT2D eigenvalue weighted by Gasteiger charge is -2.30. The maximum atomic E-state index is 11.0. The SMILES string of the molecule is C=CC(=O)OCC(C)(C)C(C)OC(=O)C=C. The summed E-state index contributed by atoms with van der Waals surface area (Å²) in [6.45, 7) is 12.2. The predicted molar refractivity (Wildman–Crippen MR) is 60.7 cm³/mol. The Hall–Kier alpha value is -1.58. The summed E-state index contributed by atoms with van der Waals surface area (Å²) in [7, 11) is 0. The van der Waals surface area contributed by atoms with Crippen LogP contribution in [-0.4, -0.2) is 24.6 Å². The number of carbonyl (C=O) groups is 2. The molecule has 4 heteroatoms. The molecule has 0 heterocycles. The van der Waals surface area contributed by atoms with Crippen molar-refractivity contribution < 1.29 is 19.1 Å². The van der Waals surface area contributed by atoms with Crippen LogP contribution in [0.3, 0.4) is 0 Å². The van der Waals surface area contributed by atoms with E-state index < -0.39 is 17.4 Å². The Kier molecular flexibility index (Phi) is 5.50. The molecule has 4 nitrogen and oxygen atoms in total. The number of hydrogen-bond donors (Lipinski definition) is 0. The highest BCUT2D eigenvalue weighted by atomic mass is 16.6. The highest BCUT2D eigenvalue weighted by Crippen LogP contribution is 2.23. The van der Waals surface area contributed by atoms with Crippen molar-refractivity contribution in [1.29, 1.82) is 0 Å². The molecule has 0 aliphatic heterocycles. The Morgan fingerprint density at radius 3 is 2.19 bits per heavy atom. The van der Waals surface area contributed by atoms with Crippen molar-refractivity contribution in [2.45, 2.75) is 26.9 Å². The standard InChI is InChI=1S/C12H18O4/c1-6-10(13)15-8-12(4,5)9(3)16-11(14)7-2/h6-7,9H,1-2,8H2,3-5H3. The average Bonchev–Trinajstić information content (AvgIpc) is 2.25. The minimum Gasteiger partial charge on any atom is -0.462 e. The van der Waals surface area contributed by atoms with E-state index in [4.69, 9.17) is 9.47 Å². The summed E-state index contributed by atoms with van der Waals surface area (Å²) in [5.74, 6) is -0.981. The molecule has 0 aromatic heterocycles. The van der Waals surface area contributed by atoms with Gasteiger partial charge in [0.25, 0.3) is 0 Å². The molecule has 0 saturated carbocycles. The Balaban J connectivity index is 4.29. The molecule has 0 saturated heterocycles. The molecule has 1 unspecified atom stereocenters. The van der Waals surface area contributed by atoms with Gasteiger partial charge in [0, 0.05) is 17.6 Å². The van der Waals surface area contributed by atoms with Crippen molar-refractivity contribution in [1.82, 2.24) is 0 Å². The Bertz CT molecular complexity index is 291. The summed E-state index contributed by atoms with van der Waals surface area (Å²) in [5.41, 5.74) is -0.461. The summed E-state index contributed by atoms with van der Waals surface area (Å²) in [6.07, 6.45) is 1.81. The average molecular weight is 226 g/mol. The molecular formula is C12H18O4. The summed E-state index contributed by atoms with van der Waals surface area (Å²) >= 11 is 0. The molecule has 0 bridgehead atoms. The Morgan fingerprint density at radius 2 is 1.75 bits per heavy atom. The predicted octanol–water partition coefficient (Wildman–Crippen LogP) is 1.86. The van der Waals surface area contributed by atoms with E-state index in [1.165, 1.54) is 0 Å². The summed E-state index contributed by atoms with van der Waals surface area (Å²) in [6, 6.07) is 0. The van der Waals surface area contributed by atoms with Gasteiger partial charge in [0.15, 0.2) is 0 Å². The van der Waals surface area contributed by atoms with Gasteiger partial charge in [0.05, 0.1) is 0 Å². The van der Waals surface area contributed by atoms with E-state index >= 15 is 0 Å². The maximum Gasteiger partial charge on any atom is 0.330 e. The molecule has 0 aromatic carbocycles. The van der Waals surface area contributed by atoms with E-state index in [9.17, 15) is 9.59 Å². The van der Waals surface area contributed by atoms with Crippen LogP contribution in [0.2, 0.25) is 0 Å². The monoisotopic (exact) mass is 226 g/mol. The molecule has 0 spiro atoms. The summed E-state index contributed by atoms with van der Waals surface area (Å²) < 4.78 is 9.97. The normalized spacial score (nSPS) is 12.4. The molecule has 0 rings (SSSR count). The number of rotatable bonds is 6. The lowest BCUT2D eigenvalue weighted by atomic mass is 9.88. The third kappa shape index (κ3) is 4.77. The molecular weight excluding hydrogens is 208 g/mol. The third-order valence-electron chi connectivity index (χ3n) is 2.31. The third-order valence-corrected chi connectivity index (χ3v) is 2.31. The van der Waals surface area contributed by atoms with E-state index in [0.717, 1.165) is 12.2 Å². The first-order chi connectivity index (χ1) is 7.33. The van der Waals surface area contributed by atoms with Gasteiger partial charge in [0.2, 0.25) is 0 Å². The first-order valence-electron chi connectivity index (χ1n) is 4.95. The Labute approximate surface area is 95.9 Å². The maximum absolute atomic E-state index is 11.0. The van der Waals surface area contributed by atoms with Crippen LogP contribution in [0, 0.1) is 5.41 Å². The van der Waals surface area contributed by atoms with Crippen molar-refractivity contribution in [3.05, 3.63) is 25.3 Å². The quantitative estimate of drug-likeness (QED) is 0.512. The minimum atomic E-state index is -0.490. The van der Waals surface area contributed by atoms with E-state index in [1.807, 2.05) is 13.8 Å². The smallest absolute Gasteiger partial charge is 0.330 e. The molecule has 16 heavy (non-hydrogen) atoms. The number of esters is 2. The van der Waals surface area contributed by atoms with Crippen molar-refractivity contribution in [2.24, 2.45) is 5.41 Å². The lowest BCUT2D eigenvalue weighted by Crippen LogP contribution is -2.35. The van der Waals surface area contributed by atoms with E-state index in [1.54, 1.807) is 6.92 Å². The van der Waals surface area contributed by atoms with E-state index in [2.05, 4.69) is 13.2 Å². The van der Waals surface area contributed by atoms with Gasteiger partial charge in [-0.3, -0.25) is 0 Å². The summed E-state index contributed by atoms with van der Waals surface area (Å²) in [5, 5.41) is 0. The van der Waals surface area contributed by atoms with Crippen molar-refractivity contribution in [3.8, 4) is 0 Å². The van der Waals surface area contributed by atoms with Crippen LogP contribution < -0.4 is 0 Å². The molecule has 0 aliphatic rings. The van der Waals surface area contributed by atoms with Gasteiger partial charge >= 0.3 is 11.9 Å². The zero-order valence-electron chi connectivity index (χ0n) is 9.99. The zero-order valence-corrected chi connectivity index (χ0v) is 9.99. The Morgan fingerprint density at radius 1 is 1.25 bits per heavy atom. The van der Waals surface area contributed by atoms with Gasteiger partial charge in [-0.25, -0.2) is 9.59 Å². The largest absolute Gasteiger partial charge is 0.462 e. The fraction of sp³-hybridized carbons (Fsp3) is 0.500. The molecule has 0 N–H and O–H groups in total. The summed E-state index contributed by atoms with van der Waals surface area (Å²) in [4.78, 5) is 21.9. The van der Waals surface area contributed by atoms with E-state index in [-0.39, 0.29) is 12.7 Å². The molecule has 0 fully saturated rings. The van der Waals surface area contributed by atoms with Gasteiger partial charge in [-0.15, -0.1) is 0 Å². The van der Waals surface area contributed by atoms with Crippen molar-refractivity contribution >= 4 is 11.9 Å². The molecule has 0 aliphatic carbocycles. The van der Waals surface area contributed by atoms with Gasteiger partial charge in [-0.2, -0.15) is 0 Å². The molecule has 90 valence electrons. The minimum absolute atomic E-state index is 0.156. The van der Waals surface area contributed by atoms with Gasteiger partial charge in [-0.05, 0) is 6.92 Å². The van der Waals surface area contributed by atoms with E-state index in [0.29, 0.717) is 0 Å². The second-order valence-corrected chi connectivity index (χ2v) is 4.08. The van der Waals surface area contributed by atoms with Gasteiger partial charge in [-0.1, -0.05) is 27.0 Å². The van der Waals surface area contributed by atoms with Crippen LogP contribution in [0.25, 0.3) is 0 Å². The first-order valence-corrected chi connectivity index (χ1v) is 4.95. The van der Waals surface area contributed by atoms with Crippen LogP contribution in [0.4, 0.5) is 0 Å². The van der Waals surface area contributed by atoms with Crippen molar-refractivity contribution in [3.63, 3.8) is 0 Å². The van der Waals surface area contributed by atoms with Gasteiger partial charge in [0.1, 0.15) is 12.7 Å². The van der Waals surface area contributed by atoms with Crippen LogP contribution in [-0.2, 0) is 19.1 Å². The first kappa shape index (κ1) is 14.4. The molecule has 0 radical (unpaired) electrons. The van der Waals surface area contributed by atoms with Crippen LogP contribution in [0.1, 0.15) is 20.8 Å². The van der Waals surface area contributed by atoms with Crippen LogP contribution in [0.5, 0.6) is 0 Å². The molecule has 0 amide bonds. The highest BCUT2D eigenvalue weighted by Gasteiger charge is 2.30. The number of carbonyl (C=O) groups excluding carboxylic acids is 2. The topological polar surface area (TPSA) is 52.6 Å². The lowest BCUT2D eigenvalue weighted by molar-refractivity contribution is -0.153. The number of ether oxygens (including phenoxy) is 2. The zero-order chi connectivity index (χ0) is 12.8. The fourth-order valence-electron chi connectivity index (χ4n) is 0.815. The molecule has 0 aromatic rings.